The lowest BCUT2D eigenvalue weighted by atomic mass is 9.96. The van der Waals surface area contributed by atoms with Crippen LogP contribution in [0.5, 0.6) is 0 Å². The number of pyridine rings is 1. The van der Waals surface area contributed by atoms with Gasteiger partial charge in [-0.3, -0.25) is 9.20 Å². The molecule has 1 aliphatic carbocycles. The molecule has 9 heteroatoms. The van der Waals surface area contributed by atoms with Gasteiger partial charge in [0.15, 0.2) is 5.69 Å². The molecule has 1 saturated carbocycles. The number of aromatic nitrogens is 2. The Morgan fingerprint density at radius 3 is 2.67 bits per heavy atom. The highest BCUT2D eigenvalue weighted by Gasteiger charge is 2.42. The number of nitrogens with zero attached hydrogens (tertiary/aromatic N) is 2. The standard InChI is InChI=1S/C15H20N4O3S.ClH/c1-15(9-16,10-6-7-10)18-13(20)12-11-5-3-4-8-19(11)14(17-12)23(2,21)22;/h3-5,8,10H,6-7,9,16H2,1-2H3,(H,18,20);1H. The first-order valence-electron chi connectivity index (χ1n) is 7.46. The molecule has 1 amide bonds. The number of halogens is 1. The van der Waals surface area contributed by atoms with Crippen LogP contribution in [0.4, 0.5) is 0 Å². The van der Waals surface area contributed by atoms with Crippen molar-refractivity contribution < 1.29 is 13.2 Å². The van der Waals surface area contributed by atoms with Crippen molar-refractivity contribution in [2.24, 2.45) is 11.7 Å². The molecule has 1 atom stereocenters. The summed E-state index contributed by atoms with van der Waals surface area (Å²) in [4.78, 5) is 16.7. The first kappa shape index (κ1) is 18.7. The summed E-state index contributed by atoms with van der Waals surface area (Å²) in [7, 11) is -3.55. The molecule has 2 heterocycles. The fourth-order valence-electron chi connectivity index (χ4n) is 2.80. The summed E-state index contributed by atoms with van der Waals surface area (Å²) < 4.78 is 25.2. The van der Waals surface area contributed by atoms with E-state index < -0.39 is 21.3 Å². The van der Waals surface area contributed by atoms with Gasteiger partial charge in [0.25, 0.3) is 5.91 Å². The SMILES string of the molecule is CC(CN)(NC(=O)c1nc(S(C)(=O)=O)n2ccccc12)C1CC1.Cl. The molecule has 7 nitrogen and oxygen atoms in total. The molecule has 1 fully saturated rings. The number of hydrogen-bond donors (Lipinski definition) is 2. The first-order valence-corrected chi connectivity index (χ1v) is 9.35. The van der Waals surface area contributed by atoms with E-state index >= 15 is 0 Å². The molecule has 132 valence electrons. The zero-order valence-electron chi connectivity index (χ0n) is 13.5. The van der Waals surface area contributed by atoms with E-state index in [1.165, 1.54) is 4.40 Å². The number of carbonyl (C=O) groups is 1. The summed E-state index contributed by atoms with van der Waals surface area (Å²) in [5, 5.41) is 2.80. The first-order chi connectivity index (χ1) is 10.8. The van der Waals surface area contributed by atoms with Gasteiger partial charge in [0.1, 0.15) is 0 Å². The lowest BCUT2D eigenvalue weighted by Crippen LogP contribution is -2.53. The van der Waals surface area contributed by atoms with E-state index in [0.29, 0.717) is 18.0 Å². The molecule has 24 heavy (non-hydrogen) atoms. The molecule has 2 aromatic heterocycles. The van der Waals surface area contributed by atoms with Gasteiger partial charge in [-0.05, 0) is 37.8 Å². The molecule has 0 spiro atoms. The van der Waals surface area contributed by atoms with Crippen molar-refractivity contribution in [1.29, 1.82) is 0 Å². The summed E-state index contributed by atoms with van der Waals surface area (Å²) in [6.45, 7) is 2.24. The van der Waals surface area contributed by atoms with E-state index in [0.717, 1.165) is 19.1 Å². The van der Waals surface area contributed by atoms with Crippen LogP contribution in [0.3, 0.4) is 0 Å². The Hall–Kier alpha value is -1.64. The summed E-state index contributed by atoms with van der Waals surface area (Å²) in [6, 6.07) is 5.11. The van der Waals surface area contributed by atoms with Crippen molar-refractivity contribution in [2.75, 3.05) is 12.8 Å². The molecule has 2 aromatic rings. The van der Waals surface area contributed by atoms with Crippen LogP contribution in [0, 0.1) is 5.92 Å². The number of nitrogens with two attached hydrogens (primary N) is 1. The average molecular weight is 373 g/mol. The van der Waals surface area contributed by atoms with Gasteiger partial charge in [-0.2, -0.15) is 0 Å². The van der Waals surface area contributed by atoms with Crippen molar-refractivity contribution in [3.8, 4) is 0 Å². The Bertz CT molecular complexity index is 876. The Kier molecular flexibility index (Phi) is 4.94. The van der Waals surface area contributed by atoms with Crippen molar-refractivity contribution in [3.05, 3.63) is 30.1 Å². The van der Waals surface area contributed by atoms with Gasteiger partial charge in [-0.15, -0.1) is 12.4 Å². The molecular formula is C15H21ClN4O3S. The quantitative estimate of drug-likeness (QED) is 0.814. The molecule has 3 rings (SSSR count). The van der Waals surface area contributed by atoms with Crippen LogP contribution in [-0.2, 0) is 9.84 Å². The third-order valence-electron chi connectivity index (χ3n) is 4.36. The molecule has 0 aliphatic heterocycles. The van der Waals surface area contributed by atoms with Crippen LogP contribution in [0.1, 0.15) is 30.3 Å². The molecule has 0 bridgehead atoms. The second kappa shape index (κ2) is 6.34. The maximum atomic E-state index is 12.7. The number of sulfone groups is 1. The van der Waals surface area contributed by atoms with E-state index in [1.54, 1.807) is 24.4 Å². The molecule has 0 radical (unpaired) electrons. The summed E-state index contributed by atoms with van der Waals surface area (Å²) in [5.74, 6) is -0.0387. The number of rotatable bonds is 5. The Morgan fingerprint density at radius 2 is 2.12 bits per heavy atom. The number of fused-ring (bicyclic) bond motifs is 1. The lowest BCUT2D eigenvalue weighted by molar-refractivity contribution is 0.0894. The van der Waals surface area contributed by atoms with Gasteiger partial charge >= 0.3 is 0 Å². The number of hydrogen-bond acceptors (Lipinski definition) is 5. The lowest BCUT2D eigenvalue weighted by Gasteiger charge is -2.29. The van der Waals surface area contributed by atoms with Crippen LogP contribution in [-0.4, -0.2) is 42.0 Å². The fraction of sp³-hybridized carbons (Fsp3) is 0.467. The molecule has 1 unspecified atom stereocenters. The van der Waals surface area contributed by atoms with E-state index in [2.05, 4.69) is 10.3 Å². The zero-order chi connectivity index (χ0) is 16.8. The molecule has 0 saturated heterocycles. The second-order valence-corrected chi connectivity index (χ2v) is 8.23. The third kappa shape index (κ3) is 3.26. The molecule has 1 aliphatic rings. The minimum absolute atomic E-state index is 0. The van der Waals surface area contributed by atoms with Crippen molar-refractivity contribution >= 4 is 33.7 Å². The Balaban J connectivity index is 0.00000208. The maximum absolute atomic E-state index is 12.7. The minimum Gasteiger partial charge on any atom is -0.344 e. The van der Waals surface area contributed by atoms with E-state index in [1.807, 2.05) is 6.92 Å². The number of amides is 1. The average Bonchev–Trinajstić information content (AvgIpc) is 3.26. The predicted molar refractivity (Wildman–Crippen MR) is 93.2 cm³/mol. The van der Waals surface area contributed by atoms with Crippen LogP contribution in [0.2, 0.25) is 0 Å². The summed E-state index contributed by atoms with van der Waals surface area (Å²) in [5.41, 5.74) is 5.89. The van der Waals surface area contributed by atoms with Gasteiger partial charge in [0.2, 0.25) is 15.0 Å². The summed E-state index contributed by atoms with van der Waals surface area (Å²) in [6.07, 6.45) is 4.72. The Morgan fingerprint density at radius 1 is 1.46 bits per heavy atom. The number of carbonyl (C=O) groups excluding carboxylic acids is 1. The smallest absolute Gasteiger partial charge is 0.272 e. The molecule has 0 aromatic carbocycles. The molecule has 3 N–H and O–H groups in total. The van der Waals surface area contributed by atoms with Crippen LogP contribution >= 0.6 is 12.4 Å². The largest absolute Gasteiger partial charge is 0.344 e. The third-order valence-corrected chi connectivity index (χ3v) is 5.32. The number of nitrogens with one attached hydrogen (secondary N) is 1. The van der Waals surface area contributed by atoms with Crippen molar-refractivity contribution in [1.82, 2.24) is 14.7 Å². The normalized spacial score (nSPS) is 17.1. The van der Waals surface area contributed by atoms with Crippen molar-refractivity contribution in [2.45, 2.75) is 30.5 Å². The van der Waals surface area contributed by atoms with Gasteiger partial charge in [-0.1, -0.05) is 6.07 Å². The number of imidazole rings is 1. The zero-order valence-corrected chi connectivity index (χ0v) is 15.2. The van der Waals surface area contributed by atoms with Gasteiger partial charge < -0.3 is 11.1 Å². The van der Waals surface area contributed by atoms with Gasteiger partial charge in [-0.25, -0.2) is 13.4 Å². The summed E-state index contributed by atoms with van der Waals surface area (Å²) >= 11 is 0. The maximum Gasteiger partial charge on any atom is 0.272 e. The topological polar surface area (TPSA) is 107 Å². The Labute approximate surface area is 147 Å². The highest BCUT2D eigenvalue weighted by molar-refractivity contribution is 7.90. The fourth-order valence-corrected chi connectivity index (χ4v) is 3.57. The molecular weight excluding hydrogens is 352 g/mol. The van der Waals surface area contributed by atoms with Gasteiger partial charge in [0, 0.05) is 19.0 Å². The predicted octanol–water partition coefficient (Wildman–Crippen LogP) is 1.02. The monoisotopic (exact) mass is 372 g/mol. The highest BCUT2D eigenvalue weighted by Crippen LogP contribution is 2.39. The van der Waals surface area contributed by atoms with Crippen molar-refractivity contribution in [3.63, 3.8) is 0 Å². The van der Waals surface area contributed by atoms with E-state index in [9.17, 15) is 13.2 Å². The van der Waals surface area contributed by atoms with Gasteiger partial charge in [0.05, 0.1) is 11.1 Å². The van der Waals surface area contributed by atoms with E-state index in [4.69, 9.17) is 5.73 Å². The highest BCUT2D eigenvalue weighted by atomic mass is 35.5. The second-order valence-electron chi connectivity index (χ2n) is 6.32. The van der Waals surface area contributed by atoms with Crippen LogP contribution in [0.15, 0.2) is 29.6 Å². The van der Waals surface area contributed by atoms with Crippen LogP contribution < -0.4 is 11.1 Å². The van der Waals surface area contributed by atoms with Crippen LogP contribution in [0.25, 0.3) is 5.52 Å². The minimum atomic E-state index is -3.55. The van der Waals surface area contributed by atoms with E-state index in [-0.39, 0.29) is 23.3 Å².